The highest BCUT2D eigenvalue weighted by Crippen LogP contribution is 2.39. The minimum Gasteiger partial charge on any atom is -0.497 e. The van der Waals surface area contributed by atoms with Gasteiger partial charge in [0.05, 0.1) is 12.6 Å². The molecule has 5 heteroatoms. The SMILES string of the molecule is COc1ccc2nc(N3CCCC3)c(C#N)c(-c3cccc(Cl)c3)c2c1. The number of pyridine rings is 1. The Labute approximate surface area is 157 Å². The van der Waals surface area contributed by atoms with Crippen LogP contribution in [0.4, 0.5) is 5.82 Å². The molecule has 0 atom stereocenters. The zero-order chi connectivity index (χ0) is 18.1. The number of nitriles is 1. The third kappa shape index (κ3) is 2.85. The zero-order valence-electron chi connectivity index (χ0n) is 14.5. The van der Waals surface area contributed by atoms with E-state index < -0.39 is 0 Å². The van der Waals surface area contributed by atoms with Gasteiger partial charge in [-0.25, -0.2) is 4.98 Å². The summed E-state index contributed by atoms with van der Waals surface area (Å²) in [6.45, 7) is 1.86. The van der Waals surface area contributed by atoms with Crippen LogP contribution in [0.1, 0.15) is 18.4 Å². The molecule has 0 saturated carbocycles. The lowest BCUT2D eigenvalue weighted by molar-refractivity contribution is 0.415. The van der Waals surface area contributed by atoms with Crippen molar-refractivity contribution in [3.63, 3.8) is 0 Å². The highest BCUT2D eigenvalue weighted by atomic mass is 35.5. The largest absolute Gasteiger partial charge is 0.497 e. The number of methoxy groups -OCH3 is 1. The highest BCUT2D eigenvalue weighted by molar-refractivity contribution is 6.31. The van der Waals surface area contributed by atoms with Crippen molar-refractivity contribution in [1.29, 1.82) is 5.26 Å². The molecule has 4 rings (SSSR count). The van der Waals surface area contributed by atoms with E-state index in [0.29, 0.717) is 10.6 Å². The maximum Gasteiger partial charge on any atom is 0.147 e. The summed E-state index contributed by atoms with van der Waals surface area (Å²) in [7, 11) is 1.64. The molecule has 0 bridgehead atoms. The molecular formula is C21H18ClN3O. The van der Waals surface area contributed by atoms with E-state index in [1.54, 1.807) is 7.11 Å². The fourth-order valence-electron chi connectivity index (χ4n) is 3.56. The second-order valence-corrected chi connectivity index (χ2v) is 6.82. The molecule has 0 aliphatic carbocycles. The van der Waals surface area contributed by atoms with Crippen molar-refractivity contribution in [2.24, 2.45) is 0 Å². The van der Waals surface area contributed by atoms with Crippen LogP contribution in [0.5, 0.6) is 5.75 Å². The number of rotatable bonds is 3. The minimum atomic E-state index is 0.593. The number of ether oxygens (including phenoxy) is 1. The van der Waals surface area contributed by atoms with Gasteiger partial charge in [-0.15, -0.1) is 0 Å². The number of anilines is 1. The molecule has 2 heterocycles. The van der Waals surface area contributed by atoms with Crippen LogP contribution in [-0.4, -0.2) is 25.2 Å². The van der Waals surface area contributed by atoms with Gasteiger partial charge in [-0.1, -0.05) is 23.7 Å². The fourth-order valence-corrected chi connectivity index (χ4v) is 3.75. The molecule has 1 aliphatic rings. The Morgan fingerprint density at radius 1 is 1.15 bits per heavy atom. The van der Waals surface area contributed by atoms with Gasteiger partial charge in [-0.2, -0.15) is 5.26 Å². The third-order valence-electron chi connectivity index (χ3n) is 4.80. The van der Waals surface area contributed by atoms with Crippen molar-refractivity contribution in [1.82, 2.24) is 4.98 Å². The normalized spacial score (nSPS) is 13.8. The van der Waals surface area contributed by atoms with E-state index in [2.05, 4.69) is 11.0 Å². The van der Waals surface area contributed by atoms with Crippen molar-refractivity contribution in [2.75, 3.05) is 25.1 Å². The van der Waals surface area contributed by atoms with Crippen molar-refractivity contribution in [2.45, 2.75) is 12.8 Å². The average molecular weight is 364 g/mol. The van der Waals surface area contributed by atoms with E-state index in [1.807, 2.05) is 42.5 Å². The molecule has 130 valence electrons. The van der Waals surface area contributed by atoms with E-state index in [4.69, 9.17) is 21.3 Å². The van der Waals surface area contributed by atoms with E-state index >= 15 is 0 Å². The van der Waals surface area contributed by atoms with Gasteiger partial charge in [-0.3, -0.25) is 0 Å². The molecule has 1 fully saturated rings. The second kappa shape index (κ2) is 6.86. The van der Waals surface area contributed by atoms with Gasteiger partial charge in [0.1, 0.15) is 23.2 Å². The molecule has 1 aliphatic heterocycles. The monoisotopic (exact) mass is 363 g/mol. The predicted octanol–water partition coefficient (Wildman–Crippen LogP) is 5.04. The molecule has 0 amide bonds. The number of hydrogen-bond donors (Lipinski definition) is 0. The summed E-state index contributed by atoms with van der Waals surface area (Å²) in [5.41, 5.74) is 3.22. The van der Waals surface area contributed by atoms with Crippen LogP contribution in [0.25, 0.3) is 22.0 Å². The minimum absolute atomic E-state index is 0.593. The van der Waals surface area contributed by atoms with Gasteiger partial charge >= 0.3 is 0 Å². The molecule has 0 unspecified atom stereocenters. The smallest absolute Gasteiger partial charge is 0.147 e. The Morgan fingerprint density at radius 3 is 2.65 bits per heavy atom. The van der Waals surface area contributed by atoms with Gasteiger partial charge in [0.2, 0.25) is 0 Å². The highest BCUT2D eigenvalue weighted by Gasteiger charge is 2.23. The summed E-state index contributed by atoms with van der Waals surface area (Å²) in [5, 5.41) is 11.5. The van der Waals surface area contributed by atoms with E-state index in [1.165, 1.54) is 0 Å². The molecule has 26 heavy (non-hydrogen) atoms. The molecule has 4 nitrogen and oxygen atoms in total. The summed E-state index contributed by atoms with van der Waals surface area (Å²) < 4.78 is 5.39. The zero-order valence-corrected chi connectivity index (χ0v) is 15.3. The predicted molar refractivity (Wildman–Crippen MR) is 105 cm³/mol. The van der Waals surface area contributed by atoms with Crippen LogP contribution in [0.3, 0.4) is 0 Å². The van der Waals surface area contributed by atoms with Crippen molar-refractivity contribution < 1.29 is 4.74 Å². The second-order valence-electron chi connectivity index (χ2n) is 6.38. The summed E-state index contributed by atoms with van der Waals surface area (Å²) in [5.74, 6) is 1.50. The Kier molecular flexibility index (Phi) is 4.40. The summed E-state index contributed by atoms with van der Waals surface area (Å²) in [4.78, 5) is 7.03. The van der Waals surface area contributed by atoms with Crippen molar-refractivity contribution in [3.8, 4) is 22.9 Å². The number of hydrogen-bond acceptors (Lipinski definition) is 4. The van der Waals surface area contributed by atoms with Gasteiger partial charge in [0.25, 0.3) is 0 Å². The Hall–Kier alpha value is -2.77. The summed E-state index contributed by atoms with van der Waals surface area (Å²) >= 11 is 6.23. The number of fused-ring (bicyclic) bond motifs is 1. The van der Waals surface area contributed by atoms with Crippen molar-refractivity contribution >= 4 is 28.3 Å². The fraction of sp³-hybridized carbons (Fsp3) is 0.238. The molecule has 0 N–H and O–H groups in total. The van der Waals surface area contributed by atoms with Crippen LogP contribution in [-0.2, 0) is 0 Å². The number of nitrogens with zero attached hydrogens (tertiary/aromatic N) is 3. The van der Waals surface area contributed by atoms with Gasteiger partial charge in [0.15, 0.2) is 0 Å². The molecule has 3 aromatic rings. The Morgan fingerprint density at radius 2 is 1.96 bits per heavy atom. The number of halogens is 1. The lowest BCUT2D eigenvalue weighted by Crippen LogP contribution is -2.20. The topological polar surface area (TPSA) is 49.1 Å². The van der Waals surface area contributed by atoms with Crippen LogP contribution in [0, 0.1) is 11.3 Å². The molecule has 0 spiro atoms. The van der Waals surface area contributed by atoms with E-state index in [-0.39, 0.29) is 0 Å². The van der Waals surface area contributed by atoms with Crippen LogP contribution in [0.2, 0.25) is 5.02 Å². The maximum atomic E-state index is 10.00. The summed E-state index contributed by atoms with van der Waals surface area (Å²) in [6, 6.07) is 15.8. The molecule has 1 saturated heterocycles. The molecule has 1 aromatic heterocycles. The van der Waals surface area contributed by atoms with Gasteiger partial charge in [0, 0.05) is 29.1 Å². The van der Waals surface area contributed by atoms with E-state index in [0.717, 1.165) is 59.5 Å². The first-order valence-corrected chi connectivity index (χ1v) is 9.02. The average Bonchev–Trinajstić information content (AvgIpc) is 3.20. The van der Waals surface area contributed by atoms with Crippen molar-refractivity contribution in [3.05, 3.63) is 53.1 Å². The molecule has 0 radical (unpaired) electrons. The van der Waals surface area contributed by atoms with E-state index in [9.17, 15) is 5.26 Å². The maximum absolute atomic E-state index is 10.00. The first-order valence-electron chi connectivity index (χ1n) is 8.64. The lowest BCUT2D eigenvalue weighted by atomic mass is 9.95. The van der Waals surface area contributed by atoms with Crippen LogP contribution in [0.15, 0.2) is 42.5 Å². The third-order valence-corrected chi connectivity index (χ3v) is 5.04. The standard InChI is InChI=1S/C21H18ClN3O/c1-26-16-7-8-19-17(12-16)20(14-5-4-6-15(22)11-14)18(13-23)21(24-19)25-9-2-3-10-25/h4-8,11-12H,2-3,9-10H2,1H3. The van der Waals surface area contributed by atoms with Crippen LogP contribution < -0.4 is 9.64 Å². The van der Waals surface area contributed by atoms with Gasteiger partial charge in [-0.05, 0) is 48.7 Å². The van der Waals surface area contributed by atoms with Crippen LogP contribution >= 0.6 is 11.6 Å². The first-order chi connectivity index (χ1) is 12.7. The molecule has 2 aromatic carbocycles. The van der Waals surface area contributed by atoms with Gasteiger partial charge < -0.3 is 9.64 Å². The number of benzene rings is 2. The Bertz CT molecular complexity index is 1020. The molecular weight excluding hydrogens is 346 g/mol. The summed E-state index contributed by atoms with van der Waals surface area (Å²) in [6.07, 6.45) is 2.25. The first kappa shape index (κ1) is 16.7. The Balaban J connectivity index is 2.08. The number of aromatic nitrogens is 1. The quantitative estimate of drug-likeness (QED) is 0.654. The lowest BCUT2D eigenvalue weighted by Gasteiger charge is -2.21.